The molecule has 19 heavy (non-hydrogen) atoms. The van der Waals surface area contributed by atoms with Gasteiger partial charge >= 0.3 is 0 Å². The molecule has 0 aliphatic rings. The molecule has 0 aliphatic carbocycles. The molecule has 1 rings (SSSR count). The summed E-state index contributed by atoms with van der Waals surface area (Å²) in [4.78, 5) is 0.263. The number of nitrogens with two attached hydrogens (primary N) is 1. The molecule has 5 nitrogen and oxygen atoms in total. The Bertz CT molecular complexity index is 533. The molecule has 0 aliphatic heterocycles. The van der Waals surface area contributed by atoms with Gasteiger partial charge in [-0.1, -0.05) is 12.8 Å². The van der Waals surface area contributed by atoms with E-state index in [1.165, 1.54) is 4.31 Å². The molecule has 0 spiro atoms. The van der Waals surface area contributed by atoms with Gasteiger partial charge in [0.15, 0.2) is 0 Å². The summed E-state index contributed by atoms with van der Waals surface area (Å²) >= 11 is 0. The molecule has 0 aromatic carbocycles. The zero-order chi connectivity index (χ0) is 14.5. The Morgan fingerprint density at radius 3 is 2.58 bits per heavy atom. The molecular weight excluding hydrogens is 262 g/mol. The lowest BCUT2D eigenvalue weighted by Crippen LogP contribution is -2.32. The molecule has 0 saturated heterocycles. The van der Waals surface area contributed by atoms with Crippen LogP contribution in [0.5, 0.6) is 0 Å². The van der Waals surface area contributed by atoms with Crippen LogP contribution in [0.3, 0.4) is 0 Å². The zero-order valence-electron chi connectivity index (χ0n) is 11.5. The van der Waals surface area contributed by atoms with Crippen LogP contribution in [-0.2, 0) is 23.1 Å². The average Bonchev–Trinajstić information content (AvgIpc) is 2.82. The Morgan fingerprint density at radius 2 is 2.16 bits per heavy atom. The van der Waals surface area contributed by atoms with Gasteiger partial charge in [0.1, 0.15) is 4.90 Å². The molecule has 0 unspecified atom stereocenters. The predicted octanol–water partition coefficient (Wildman–Crippen LogP) is 1.00. The van der Waals surface area contributed by atoms with Crippen molar-refractivity contribution >= 4 is 10.0 Å². The van der Waals surface area contributed by atoms with E-state index < -0.39 is 10.0 Å². The van der Waals surface area contributed by atoms with Crippen molar-refractivity contribution in [3.05, 3.63) is 18.0 Å². The molecule has 1 aromatic rings. The molecule has 0 radical (unpaired) electrons. The fourth-order valence-corrected chi connectivity index (χ4v) is 3.43. The quantitative estimate of drug-likeness (QED) is 0.759. The van der Waals surface area contributed by atoms with Gasteiger partial charge in [0, 0.05) is 31.5 Å². The van der Waals surface area contributed by atoms with Gasteiger partial charge in [-0.15, -0.1) is 6.42 Å². The van der Waals surface area contributed by atoms with Gasteiger partial charge in [0.05, 0.1) is 6.54 Å². The maximum Gasteiger partial charge on any atom is 0.245 e. The van der Waals surface area contributed by atoms with E-state index >= 15 is 0 Å². The SMILES string of the molecule is C#CCN(CCC)S(=O)(=O)c1cc(CN)n(CC)c1. The smallest absolute Gasteiger partial charge is 0.245 e. The first-order valence-electron chi connectivity index (χ1n) is 6.33. The summed E-state index contributed by atoms with van der Waals surface area (Å²) in [6, 6.07) is 1.62. The molecule has 1 aromatic heterocycles. The molecule has 0 amide bonds. The number of hydrogen-bond acceptors (Lipinski definition) is 3. The number of aryl methyl sites for hydroxylation is 1. The molecular formula is C13H21N3O2S. The molecule has 2 N–H and O–H groups in total. The van der Waals surface area contributed by atoms with E-state index in [1.807, 2.05) is 18.4 Å². The van der Waals surface area contributed by atoms with E-state index in [0.29, 0.717) is 19.6 Å². The lowest BCUT2D eigenvalue weighted by Gasteiger charge is -2.18. The normalized spacial score (nSPS) is 11.7. The molecule has 0 fully saturated rings. The third kappa shape index (κ3) is 3.38. The lowest BCUT2D eigenvalue weighted by molar-refractivity contribution is 0.445. The summed E-state index contributed by atoms with van der Waals surface area (Å²) in [7, 11) is -3.53. The number of terminal acetylenes is 1. The van der Waals surface area contributed by atoms with Crippen LogP contribution in [0, 0.1) is 12.3 Å². The average molecular weight is 283 g/mol. The van der Waals surface area contributed by atoms with Crippen molar-refractivity contribution in [2.75, 3.05) is 13.1 Å². The summed E-state index contributed by atoms with van der Waals surface area (Å²) in [5.41, 5.74) is 6.42. The predicted molar refractivity (Wildman–Crippen MR) is 75.9 cm³/mol. The Morgan fingerprint density at radius 1 is 1.47 bits per heavy atom. The first-order chi connectivity index (χ1) is 9.01. The summed E-state index contributed by atoms with van der Waals surface area (Å²) in [5.74, 6) is 2.39. The Kier molecular flexibility index (Phi) is 5.60. The van der Waals surface area contributed by atoms with Crippen LogP contribution in [0.25, 0.3) is 0 Å². The minimum Gasteiger partial charge on any atom is -0.349 e. The second-order valence-corrected chi connectivity index (χ2v) is 6.14. The lowest BCUT2D eigenvalue weighted by atomic mass is 10.4. The summed E-state index contributed by atoms with van der Waals surface area (Å²) in [6.45, 7) is 5.37. The van der Waals surface area contributed by atoms with Crippen LogP contribution in [0.2, 0.25) is 0 Å². The number of rotatable bonds is 7. The number of hydrogen-bond donors (Lipinski definition) is 1. The van der Waals surface area contributed by atoms with Crippen LogP contribution in [0.1, 0.15) is 26.0 Å². The highest BCUT2D eigenvalue weighted by atomic mass is 32.2. The topological polar surface area (TPSA) is 68.3 Å². The van der Waals surface area contributed by atoms with Gasteiger partial charge in [0.2, 0.25) is 10.0 Å². The first kappa shape index (κ1) is 15.8. The number of sulfonamides is 1. The Labute approximate surface area is 115 Å². The molecule has 0 atom stereocenters. The fourth-order valence-electron chi connectivity index (χ4n) is 1.92. The highest BCUT2D eigenvalue weighted by Gasteiger charge is 2.25. The summed E-state index contributed by atoms with van der Waals surface area (Å²) in [6.07, 6.45) is 7.58. The maximum absolute atomic E-state index is 12.5. The highest BCUT2D eigenvalue weighted by Crippen LogP contribution is 2.19. The molecule has 106 valence electrons. The summed E-state index contributed by atoms with van der Waals surface area (Å²) in [5, 5.41) is 0. The minimum absolute atomic E-state index is 0.0887. The van der Waals surface area contributed by atoms with Crippen molar-refractivity contribution in [3.8, 4) is 12.3 Å². The van der Waals surface area contributed by atoms with E-state index in [2.05, 4.69) is 5.92 Å². The van der Waals surface area contributed by atoms with Crippen LogP contribution in [-0.4, -0.2) is 30.4 Å². The van der Waals surface area contributed by atoms with Gasteiger partial charge < -0.3 is 10.3 Å². The van der Waals surface area contributed by atoms with Crippen LogP contribution < -0.4 is 5.73 Å². The molecule has 6 heteroatoms. The van der Waals surface area contributed by atoms with Crippen molar-refractivity contribution < 1.29 is 8.42 Å². The largest absolute Gasteiger partial charge is 0.349 e. The van der Waals surface area contributed by atoms with Gasteiger partial charge in [-0.05, 0) is 19.4 Å². The highest BCUT2D eigenvalue weighted by molar-refractivity contribution is 7.89. The monoisotopic (exact) mass is 283 g/mol. The minimum atomic E-state index is -3.53. The van der Waals surface area contributed by atoms with E-state index in [4.69, 9.17) is 12.2 Å². The third-order valence-corrected chi connectivity index (χ3v) is 4.70. The van der Waals surface area contributed by atoms with Crippen molar-refractivity contribution in [2.45, 2.75) is 38.3 Å². The number of nitrogens with zero attached hydrogens (tertiary/aromatic N) is 2. The van der Waals surface area contributed by atoms with E-state index in [1.54, 1.807) is 12.3 Å². The van der Waals surface area contributed by atoms with Crippen molar-refractivity contribution in [1.29, 1.82) is 0 Å². The van der Waals surface area contributed by atoms with Gasteiger partial charge in [-0.25, -0.2) is 8.42 Å². The first-order valence-corrected chi connectivity index (χ1v) is 7.77. The molecule has 0 saturated carbocycles. The van der Waals surface area contributed by atoms with Crippen molar-refractivity contribution in [2.24, 2.45) is 5.73 Å². The van der Waals surface area contributed by atoms with Gasteiger partial charge in [-0.3, -0.25) is 0 Å². The zero-order valence-corrected chi connectivity index (χ0v) is 12.3. The second kappa shape index (κ2) is 6.75. The summed E-state index contributed by atoms with van der Waals surface area (Å²) < 4.78 is 28.1. The molecule has 1 heterocycles. The van der Waals surface area contributed by atoms with Crippen molar-refractivity contribution in [1.82, 2.24) is 8.87 Å². The van der Waals surface area contributed by atoms with Crippen LogP contribution in [0.15, 0.2) is 17.2 Å². The van der Waals surface area contributed by atoms with Crippen LogP contribution in [0.4, 0.5) is 0 Å². The second-order valence-electron chi connectivity index (χ2n) is 4.20. The van der Waals surface area contributed by atoms with E-state index in [-0.39, 0.29) is 11.4 Å². The van der Waals surface area contributed by atoms with E-state index in [0.717, 1.165) is 12.1 Å². The fraction of sp³-hybridized carbons (Fsp3) is 0.538. The Hall–Kier alpha value is -1.29. The van der Waals surface area contributed by atoms with Gasteiger partial charge in [-0.2, -0.15) is 4.31 Å². The van der Waals surface area contributed by atoms with Crippen molar-refractivity contribution in [3.63, 3.8) is 0 Å². The van der Waals surface area contributed by atoms with Gasteiger partial charge in [0.25, 0.3) is 0 Å². The maximum atomic E-state index is 12.5. The van der Waals surface area contributed by atoms with Crippen LogP contribution >= 0.6 is 0 Å². The number of aromatic nitrogens is 1. The molecule has 0 bridgehead atoms. The third-order valence-electron chi connectivity index (χ3n) is 2.89. The Balaban J connectivity index is 3.18. The van der Waals surface area contributed by atoms with E-state index in [9.17, 15) is 8.42 Å². The standard InChI is InChI=1S/C13H21N3O2S/c1-4-7-16(8-5-2)19(17,18)13-9-12(10-14)15(6-3)11-13/h1,9,11H,5-8,10,14H2,2-3H3.